The molecule has 0 aliphatic carbocycles. The minimum atomic E-state index is -5.58. The van der Waals surface area contributed by atoms with Crippen molar-refractivity contribution in [1.82, 2.24) is 19.5 Å². The first-order valence-electron chi connectivity index (χ1n) is 7.98. The highest BCUT2D eigenvalue weighted by Crippen LogP contribution is 2.66. The largest absolute Gasteiger partial charge is 0.485 e. The number of aliphatic hydroxyl groups excluding tert-OH is 2. The van der Waals surface area contributed by atoms with Gasteiger partial charge in [-0.15, -0.1) is 0 Å². The van der Waals surface area contributed by atoms with Gasteiger partial charge in [0.15, 0.2) is 17.7 Å². The van der Waals surface area contributed by atoms with Gasteiger partial charge in [0.05, 0.1) is 20.4 Å². The molecule has 0 saturated carbocycles. The zero-order valence-corrected chi connectivity index (χ0v) is 17.7. The number of hydrogen-bond acceptors (Lipinski definition) is 13. The summed E-state index contributed by atoms with van der Waals surface area (Å²) in [6, 6.07) is 0. The molecule has 1 fully saturated rings. The highest BCUT2D eigenvalue weighted by atomic mass is 31.3. The van der Waals surface area contributed by atoms with Gasteiger partial charge in [0.2, 0.25) is 0 Å². The van der Waals surface area contributed by atoms with Crippen LogP contribution in [-0.4, -0.2) is 76.9 Å². The van der Waals surface area contributed by atoms with Gasteiger partial charge in [0.1, 0.15) is 30.2 Å². The maximum Gasteiger partial charge on any atom is 0.485 e. The molecule has 171 valence electrons. The normalized spacial score (nSPS) is 28.5. The number of ether oxygens (including phenoxy) is 1. The molecule has 3 heterocycles. The molecule has 3 radical (unpaired) electrons. The Bertz CT molecular complexity index is 1110. The van der Waals surface area contributed by atoms with Crippen LogP contribution in [0.5, 0.6) is 0 Å². The lowest BCUT2D eigenvalue weighted by atomic mass is 10.1. The van der Waals surface area contributed by atoms with Crippen LogP contribution < -0.4 is 5.73 Å². The van der Waals surface area contributed by atoms with Gasteiger partial charge < -0.3 is 52.0 Å². The Morgan fingerprint density at radius 2 is 1.81 bits per heavy atom. The SMILES string of the molecule is [B-]P(=O)(OCC1OC(n2cnc3c(N)ncnc32)C(O)C1O)OP(=O)(O)OP(=O)(O)O. The number of hydrogen-bond donors (Lipinski definition) is 6. The molecule has 1 aliphatic heterocycles. The maximum atomic E-state index is 12.0. The zero-order chi connectivity index (χ0) is 23.2. The van der Waals surface area contributed by atoms with Crippen molar-refractivity contribution in [3.63, 3.8) is 0 Å². The van der Waals surface area contributed by atoms with Crippen molar-refractivity contribution in [1.29, 1.82) is 0 Å². The van der Waals surface area contributed by atoms with E-state index in [1.54, 1.807) is 0 Å². The van der Waals surface area contributed by atoms with Crippen LogP contribution in [0.3, 0.4) is 0 Å². The summed E-state index contributed by atoms with van der Waals surface area (Å²) in [5.41, 5.74) is 6.06. The minimum absolute atomic E-state index is 0.0591. The molecule has 3 rings (SSSR count). The molecule has 1 saturated heterocycles. The number of nitrogens with two attached hydrogens (primary N) is 1. The molecule has 0 aromatic carbocycles. The molecular formula is C10H15BN5O12P3-. The highest BCUT2D eigenvalue weighted by Gasteiger charge is 2.45. The lowest BCUT2D eigenvalue weighted by Gasteiger charge is -2.29. The molecule has 0 amide bonds. The number of anilines is 1. The maximum absolute atomic E-state index is 12.0. The lowest BCUT2D eigenvalue weighted by Crippen LogP contribution is -2.33. The molecule has 2 aromatic rings. The fraction of sp³-hybridized carbons (Fsp3) is 0.500. The van der Waals surface area contributed by atoms with E-state index in [9.17, 15) is 28.8 Å². The summed E-state index contributed by atoms with van der Waals surface area (Å²) in [5.74, 6) is 0.0591. The number of imidazole rings is 1. The Morgan fingerprint density at radius 3 is 2.45 bits per heavy atom. The molecule has 2 aromatic heterocycles. The molecule has 6 unspecified atom stereocenters. The smallest absolute Gasteiger partial charge is 0.443 e. The molecule has 1 aliphatic rings. The fourth-order valence-corrected chi connectivity index (χ4v) is 5.80. The number of nitrogen functional groups attached to an aromatic ring is 1. The summed E-state index contributed by atoms with van der Waals surface area (Å²) in [6.45, 7) is -0.831. The van der Waals surface area contributed by atoms with Gasteiger partial charge in [-0.05, 0) is 0 Å². The second kappa shape index (κ2) is 8.59. The van der Waals surface area contributed by atoms with Gasteiger partial charge in [-0.25, -0.2) is 28.4 Å². The predicted molar refractivity (Wildman–Crippen MR) is 99.0 cm³/mol. The van der Waals surface area contributed by atoms with Crippen LogP contribution in [0.15, 0.2) is 12.7 Å². The number of phosphoric acid groups is 2. The van der Waals surface area contributed by atoms with Crippen molar-refractivity contribution in [3.8, 4) is 0 Å². The van der Waals surface area contributed by atoms with E-state index in [2.05, 4.69) is 28.1 Å². The van der Waals surface area contributed by atoms with E-state index in [1.807, 2.05) is 0 Å². The van der Waals surface area contributed by atoms with E-state index in [4.69, 9.17) is 27.8 Å². The molecule has 0 bridgehead atoms. The first-order valence-corrected chi connectivity index (χ1v) is 12.6. The average molecular weight is 501 g/mol. The summed E-state index contributed by atoms with van der Waals surface area (Å²) in [4.78, 5) is 38.0. The number of aliphatic hydroxyl groups is 2. The van der Waals surface area contributed by atoms with E-state index in [0.29, 0.717) is 0 Å². The van der Waals surface area contributed by atoms with Crippen molar-refractivity contribution < 1.29 is 56.5 Å². The van der Waals surface area contributed by atoms with Crippen LogP contribution >= 0.6 is 23.1 Å². The lowest BCUT2D eigenvalue weighted by molar-refractivity contribution is -0.0479. The van der Waals surface area contributed by atoms with Crippen molar-refractivity contribution in [2.75, 3.05) is 12.3 Å². The van der Waals surface area contributed by atoms with Gasteiger partial charge in [0, 0.05) is 0 Å². The molecule has 17 nitrogen and oxygen atoms in total. The highest BCUT2D eigenvalue weighted by molar-refractivity contribution is 7.84. The molecule has 21 heteroatoms. The molecular weight excluding hydrogens is 486 g/mol. The average Bonchev–Trinajstić information content (AvgIpc) is 3.13. The first kappa shape index (κ1) is 24.4. The van der Waals surface area contributed by atoms with Crippen molar-refractivity contribution in [3.05, 3.63) is 12.7 Å². The standard InChI is InChI=1S/C10H15BN5O12P3/c11-29(19,27-31(23,24)28-30(20,21)22)25-1-4-6(17)7(18)10(26-4)16-3-15-5-8(12)13-2-14-9(5)16/h2-4,6-7,10,17-18H,1H2,(H,23,24)(H2,12,13,14)(H2,20,21,22)/q-1. The Kier molecular flexibility index (Phi) is 6.76. The number of rotatable bonds is 8. The van der Waals surface area contributed by atoms with E-state index in [-0.39, 0.29) is 17.0 Å². The van der Waals surface area contributed by atoms with E-state index in [1.165, 1.54) is 10.9 Å². The Hall–Kier alpha value is -1.26. The van der Waals surface area contributed by atoms with Crippen LogP contribution in [-0.2, 0) is 31.6 Å². The molecule has 6 atom stereocenters. The van der Waals surface area contributed by atoms with Crippen LogP contribution in [0, 0.1) is 0 Å². The first-order chi connectivity index (χ1) is 14.2. The fourth-order valence-electron chi connectivity index (χ4n) is 2.65. The van der Waals surface area contributed by atoms with Gasteiger partial charge in [-0.3, -0.25) is 4.57 Å². The van der Waals surface area contributed by atoms with Gasteiger partial charge >= 0.3 is 15.6 Å². The summed E-state index contributed by atoms with van der Waals surface area (Å²) in [7, 11) is -10.9. The number of fused-ring (bicyclic) bond motifs is 1. The Morgan fingerprint density at radius 1 is 1.13 bits per heavy atom. The van der Waals surface area contributed by atoms with E-state index < -0.39 is 54.3 Å². The summed E-state index contributed by atoms with van der Waals surface area (Å²) < 4.78 is 52.8. The van der Waals surface area contributed by atoms with Crippen LogP contribution in [0.25, 0.3) is 11.2 Å². The predicted octanol–water partition coefficient (Wildman–Crippen LogP) is -1.45. The third kappa shape index (κ3) is 5.76. The minimum Gasteiger partial charge on any atom is -0.443 e. The monoisotopic (exact) mass is 501 g/mol. The van der Waals surface area contributed by atoms with Crippen LogP contribution in [0.2, 0.25) is 0 Å². The van der Waals surface area contributed by atoms with Crippen molar-refractivity contribution in [2.24, 2.45) is 0 Å². The molecule has 0 spiro atoms. The number of aromatic nitrogens is 4. The quantitative estimate of drug-likeness (QED) is 0.178. The van der Waals surface area contributed by atoms with Gasteiger partial charge in [0.25, 0.3) is 0 Å². The van der Waals surface area contributed by atoms with E-state index in [0.717, 1.165) is 6.33 Å². The summed E-state index contributed by atoms with van der Waals surface area (Å²) in [6.07, 6.45) is -3.43. The third-order valence-electron chi connectivity index (χ3n) is 3.84. The second-order valence-electron chi connectivity index (χ2n) is 6.09. The van der Waals surface area contributed by atoms with Gasteiger partial charge in [-0.2, -0.15) is 4.31 Å². The van der Waals surface area contributed by atoms with E-state index >= 15 is 0 Å². The summed E-state index contributed by atoms with van der Waals surface area (Å²) >= 11 is 0. The second-order valence-corrected chi connectivity index (χ2v) is 10.6. The molecule has 31 heavy (non-hydrogen) atoms. The number of nitrogens with zero attached hydrogens (tertiary/aromatic N) is 4. The van der Waals surface area contributed by atoms with Crippen molar-refractivity contribution >= 4 is 47.7 Å². The Balaban J connectivity index is 1.69. The van der Waals surface area contributed by atoms with Crippen molar-refractivity contribution in [2.45, 2.75) is 24.5 Å². The molecule has 7 N–H and O–H groups in total. The zero-order valence-electron chi connectivity index (χ0n) is 15.1. The van der Waals surface area contributed by atoms with Crippen LogP contribution in [0.4, 0.5) is 5.82 Å². The van der Waals surface area contributed by atoms with Crippen LogP contribution in [0.1, 0.15) is 6.23 Å². The van der Waals surface area contributed by atoms with Gasteiger partial charge in [-0.1, -0.05) is 0 Å². The topological polar surface area (TPSA) is 259 Å². The Labute approximate surface area is 173 Å². The summed E-state index contributed by atoms with van der Waals surface area (Å²) in [5, 5.41) is 20.5. The third-order valence-corrected chi connectivity index (χ3v) is 7.76.